The van der Waals surface area contributed by atoms with Crippen molar-refractivity contribution in [1.29, 1.82) is 0 Å². The number of rotatable bonds is 5. The zero-order chi connectivity index (χ0) is 17.7. The summed E-state index contributed by atoms with van der Waals surface area (Å²) in [6.45, 7) is 0.410. The molecule has 128 valence electrons. The fourth-order valence-corrected chi connectivity index (χ4v) is 2.07. The predicted octanol–water partition coefficient (Wildman–Crippen LogP) is 3.19. The number of benzene rings is 2. The topological polar surface area (TPSA) is 87.4 Å². The van der Waals surface area contributed by atoms with Crippen LogP contribution in [0.2, 0.25) is 0 Å². The number of halogens is 3. The van der Waals surface area contributed by atoms with Gasteiger partial charge in [-0.15, -0.1) is 0 Å². The Balaban J connectivity index is 2.00. The zero-order valence-corrected chi connectivity index (χ0v) is 12.5. The summed E-state index contributed by atoms with van der Waals surface area (Å²) >= 11 is 0. The maximum absolute atomic E-state index is 12.7. The lowest BCUT2D eigenvalue weighted by Crippen LogP contribution is -2.28. The molecule has 0 radical (unpaired) electrons. The molecule has 2 aromatic rings. The smallest absolute Gasteiger partial charge is 0.416 e. The molecule has 2 aromatic carbocycles. The van der Waals surface area contributed by atoms with E-state index in [2.05, 4.69) is 10.6 Å². The first-order chi connectivity index (χ1) is 11.2. The summed E-state index contributed by atoms with van der Waals surface area (Å²) in [5.41, 5.74) is 5.90. The van der Waals surface area contributed by atoms with Gasteiger partial charge in [-0.2, -0.15) is 13.2 Å². The van der Waals surface area contributed by atoms with E-state index in [1.807, 2.05) is 0 Å². The summed E-state index contributed by atoms with van der Waals surface area (Å²) in [5, 5.41) is 14.8. The minimum atomic E-state index is -4.51. The Hall–Kier alpha value is -2.90. The van der Waals surface area contributed by atoms with Crippen LogP contribution in [0.3, 0.4) is 0 Å². The molecule has 0 heterocycles. The molecule has 0 atom stereocenters. The van der Waals surface area contributed by atoms with Crippen LogP contribution in [-0.2, 0) is 19.3 Å². The summed E-state index contributed by atoms with van der Waals surface area (Å²) < 4.78 is 38.1. The fourth-order valence-electron chi connectivity index (χ4n) is 2.07. The lowest BCUT2D eigenvalue weighted by molar-refractivity contribution is -0.137. The van der Waals surface area contributed by atoms with Gasteiger partial charge in [0, 0.05) is 18.8 Å². The lowest BCUT2D eigenvalue weighted by atomic mass is 10.1. The quantitative estimate of drug-likeness (QED) is 0.675. The van der Waals surface area contributed by atoms with E-state index < -0.39 is 23.5 Å². The number of aromatic hydroxyl groups is 1. The number of amides is 2. The maximum atomic E-state index is 12.7. The van der Waals surface area contributed by atoms with Crippen LogP contribution in [0.4, 0.5) is 23.7 Å². The Morgan fingerprint density at radius 1 is 1.04 bits per heavy atom. The number of carbonyl (C=O) groups excluding carboxylic acids is 1. The van der Waals surface area contributed by atoms with Gasteiger partial charge in [0.1, 0.15) is 5.75 Å². The zero-order valence-electron chi connectivity index (χ0n) is 12.5. The highest BCUT2D eigenvalue weighted by Gasteiger charge is 2.31. The van der Waals surface area contributed by atoms with Crippen molar-refractivity contribution >= 4 is 11.7 Å². The minimum Gasteiger partial charge on any atom is -0.508 e. The molecule has 0 saturated carbocycles. The van der Waals surface area contributed by atoms with Crippen LogP contribution in [0, 0.1) is 0 Å². The largest absolute Gasteiger partial charge is 0.508 e. The van der Waals surface area contributed by atoms with Gasteiger partial charge in [0.2, 0.25) is 0 Å². The Morgan fingerprint density at radius 2 is 1.71 bits per heavy atom. The summed E-state index contributed by atoms with van der Waals surface area (Å²) in [4.78, 5) is 10.6. The molecule has 8 heteroatoms. The van der Waals surface area contributed by atoms with Gasteiger partial charge in [-0.05, 0) is 41.5 Å². The Morgan fingerprint density at radius 3 is 2.29 bits per heavy atom. The summed E-state index contributed by atoms with van der Waals surface area (Å²) in [6, 6.07) is 9.28. The molecule has 0 spiro atoms. The van der Waals surface area contributed by atoms with Crippen LogP contribution >= 0.6 is 0 Å². The third kappa shape index (κ3) is 5.08. The normalized spacial score (nSPS) is 11.1. The Bertz CT molecular complexity index is 715. The molecule has 24 heavy (non-hydrogen) atoms. The van der Waals surface area contributed by atoms with Crippen LogP contribution in [0.25, 0.3) is 0 Å². The van der Waals surface area contributed by atoms with Crippen LogP contribution < -0.4 is 16.4 Å². The molecule has 0 fully saturated rings. The third-order valence-corrected chi connectivity index (χ3v) is 3.22. The van der Waals surface area contributed by atoms with Crippen molar-refractivity contribution in [2.45, 2.75) is 19.3 Å². The Labute approximate surface area is 136 Å². The van der Waals surface area contributed by atoms with Gasteiger partial charge in [0.25, 0.3) is 0 Å². The molecule has 2 rings (SSSR count). The molecule has 5 nitrogen and oxygen atoms in total. The standard InChI is InChI=1S/C16H16F3N3O2/c17-16(18,19)12-5-11(6-14(23)7-12)9-21-13-3-1-10(2-4-13)8-22-15(20)24/h1-7,21,23H,8-9H2,(H3,20,22,24). The molecular weight excluding hydrogens is 323 g/mol. The summed E-state index contributed by atoms with van der Waals surface area (Å²) in [5.74, 6) is -0.436. The summed E-state index contributed by atoms with van der Waals surface area (Å²) in [6.07, 6.45) is -4.51. The minimum absolute atomic E-state index is 0.121. The third-order valence-electron chi connectivity index (χ3n) is 3.22. The van der Waals surface area contributed by atoms with Crippen molar-refractivity contribution in [3.63, 3.8) is 0 Å². The van der Waals surface area contributed by atoms with Crippen LogP contribution in [-0.4, -0.2) is 11.1 Å². The van der Waals surface area contributed by atoms with Crippen molar-refractivity contribution in [3.8, 4) is 5.75 Å². The van der Waals surface area contributed by atoms with Crippen LogP contribution in [0.5, 0.6) is 5.75 Å². The van der Waals surface area contributed by atoms with E-state index in [-0.39, 0.29) is 13.1 Å². The fraction of sp³-hybridized carbons (Fsp3) is 0.188. The molecule has 0 aliphatic rings. The van der Waals surface area contributed by atoms with Gasteiger partial charge in [-0.1, -0.05) is 12.1 Å². The number of phenolic OH excluding ortho intramolecular Hbond substituents is 1. The first kappa shape index (κ1) is 17.5. The predicted molar refractivity (Wildman–Crippen MR) is 83.3 cm³/mol. The average molecular weight is 339 g/mol. The molecule has 0 bridgehead atoms. The van der Waals surface area contributed by atoms with E-state index in [9.17, 15) is 23.1 Å². The molecule has 0 aliphatic carbocycles. The van der Waals surface area contributed by atoms with Gasteiger partial charge in [0.15, 0.2) is 0 Å². The number of nitrogens with one attached hydrogen (secondary N) is 2. The van der Waals surface area contributed by atoms with Gasteiger partial charge in [-0.25, -0.2) is 4.79 Å². The molecule has 0 saturated heterocycles. The molecule has 0 unspecified atom stereocenters. The lowest BCUT2D eigenvalue weighted by Gasteiger charge is -2.12. The second kappa shape index (κ2) is 7.12. The van der Waals surface area contributed by atoms with Crippen LogP contribution in [0.15, 0.2) is 42.5 Å². The molecular formula is C16H16F3N3O2. The number of hydrogen-bond acceptors (Lipinski definition) is 3. The van der Waals surface area contributed by atoms with Crippen molar-refractivity contribution < 1.29 is 23.1 Å². The highest BCUT2D eigenvalue weighted by molar-refractivity contribution is 5.71. The van der Waals surface area contributed by atoms with Gasteiger partial charge in [-0.3, -0.25) is 0 Å². The van der Waals surface area contributed by atoms with Gasteiger partial charge < -0.3 is 21.5 Å². The van der Waals surface area contributed by atoms with Crippen molar-refractivity contribution in [2.75, 3.05) is 5.32 Å². The Kier molecular flexibility index (Phi) is 5.18. The second-order valence-corrected chi connectivity index (χ2v) is 5.15. The monoisotopic (exact) mass is 339 g/mol. The number of primary amides is 1. The van der Waals surface area contributed by atoms with Crippen molar-refractivity contribution in [3.05, 3.63) is 59.2 Å². The second-order valence-electron chi connectivity index (χ2n) is 5.15. The SMILES string of the molecule is NC(=O)NCc1ccc(NCc2cc(O)cc(C(F)(F)F)c2)cc1. The number of hydrogen-bond donors (Lipinski definition) is 4. The highest BCUT2D eigenvalue weighted by atomic mass is 19.4. The molecule has 5 N–H and O–H groups in total. The number of alkyl halides is 3. The molecule has 0 aromatic heterocycles. The number of carbonyl (C=O) groups is 1. The van der Waals surface area contributed by atoms with Crippen molar-refractivity contribution in [2.24, 2.45) is 5.73 Å². The first-order valence-corrected chi connectivity index (χ1v) is 7.00. The van der Waals surface area contributed by atoms with E-state index in [0.717, 1.165) is 11.6 Å². The summed E-state index contributed by atoms with van der Waals surface area (Å²) in [7, 11) is 0. The van der Waals surface area contributed by atoms with E-state index in [1.165, 1.54) is 6.07 Å². The number of urea groups is 1. The number of anilines is 1. The molecule has 2 amide bonds. The van der Waals surface area contributed by atoms with Gasteiger partial charge >= 0.3 is 12.2 Å². The maximum Gasteiger partial charge on any atom is 0.416 e. The van der Waals surface area contributed by atoms with Crippen LogP contribution in [0.1, 0.15) is 16.7 Å². The van der Waals surface area contributed by atoms with Gasteiger partial charge in [0.05, 0.1) is 5.56 Å². The number of nitrogens with two attached hydrogens (primary N) is 1. The van der Waals surface area contributed by atoms with Crippen molar-refractivity contribution in [1.82, 2.24) is 5.32 Å². The van der Waals surface area contributed by atoms with E-state index >= 15 is 0 Å². The highest BCUT2D eigenvalue weighted by Crippen LogP contribution is 2.32. The van der Waals surface area contributed by atoms with E-state index in [1.54, 1.807) is 24.3 Å². The first-order valence-electron chi connectivity index (χ1n) is 7.00. The molecule has 0 aliphatic heterocycles. The van der Waals surface area contributed by atoms with E-state index in [0.29, 0.717) is 17.3 Å². The average Bonchev–Trinajstić information content (AvgIpc) is 2.50. The number of phenols is 1. The van der Waals surface area contributed by atoms with E-state index in [4.69, 9.17) is 5.73 Å².